The fourth-order valence-electron chi connectivity index (χ4n) is 1.97. The molecule has 1 aliphatic heterocycles. The van der Waals surface area contributed by atoms with Gasteiger partial charge < -0.3 is 5.32 Å². The van der Waals surface area contributed by atoms with Crippen molar-refractivity contribution in [2.24, 2.45) is 0 Å². The van der Waals surface area contributed by atoms with Crippen molar-refractivity contribution in [3.8, 4) is 0 Å². The van der Waals surface area contributed by atoms with Crippen LogP contribution in [0.1, 0.15) is 26.2 Å². The smallest absolute Gasteiger partial charge is 0.202 e. The van der Waals surface area contributed by atoms with Gasteiger partial charge in [0.15, 0.2) is 0 Å². The van der Waals surface area contributed by atoms with Crippen molar-refractivity contribution >= 4 is 16.7 Å². The molecular formula is C10H18N4S. The van der Waals surface area contributed by atoms with E-state index in [1.54, 1.807) is 6.33 Å². The maximum Gasteiger partial charge on any atom is 0.202 e. The van der Waals surface area contributed by atoms with Crippen molar-refractivity contribution in [2.45, 2.75) is 32.2 Å². The Labute approximate surface area is 94.9 Å². The summed E-state index contributed by atoms with van der Waals surface area (Å²) in [6, 6.07) is 0.592. The predicted molar refractivity (Wildman–Crippen MR) is 63.3 cm³/mol. The fourth-order valence-corrected chi connectivity index (χ4v) is 2.41. The summed E-state index contributed by atoms with van der Waals surface area (Å²) in [4.78, 5) is 6.66. The van der Waals surface area contributed by atoms with Gasteiger partial charge in [-0.25, -0.2) is 4.98 Å². The first-order valence-electron chi connectivity index (χ1n) is 5.61. The first-order valence-corrected chi connectivity index (χ1v) is 6.38. The minimum Gasteiger partial charge on any atom is -0.359 e. The SMILES string of the molecule is CC(CNc1ncns1)N1CCCCC1. The first-order chi connectivity index (χ1) is 7.36. The second-order valence-electron chi connectivity index (χ2n) is 4.07. The van der Waals surface area contributed by atoms with Gasteiger partial charge in [0.05, 0.1) is 0 Å². The number of hydrogen-bond acceptors (Lipinski definition) is 5. The lowest BCUT2D eigenvalue weighted by atomic mass is 10.1. The number of anilines is 1. The van der Waals surface area contributed by atoms with Crippen LogP contribution in [0.25, 0.3) is 0 Å². The summed E-state index contributed by atoms with van der Waals surface area (Å²) in [6.07, 6.45) is 5.69. The van der Waals surface area contributed by atoms with E-state index in [-0.39, 0.29) is 0 Å². The predicted octanol–water partition coefficient (Wildman–Crippen LogP) is 1.82. The number of aromatic nitrogens is 2. The highest BCUT2D eigenvalue weighted by Gasteiger charge is 2.16. The highest BCUT2D eigenvalue weighted by Crippen LogP contribution is 2.13. The van der Waals surface area contributed by atoms with E-state index in [1.165, 1.54) is 43.9 Å². The Bertz CT molecular complexity index is 269. The van der Waals surface area contributed by atoms with Gasteiger partial charge in [0.2, 0.25) is 5.13 Å². The van der Waals surface area contributed by atoms with Crippen LogP contribution in [0.5, 0.6) is 0 Å². The lowest BCUT2D eigenvalue weighted by Gasteiger charge is -2.32. The third-order valence-corrected chi connectivity index (χ3v) is 3.55. The van der Waals surface area contributed by atoms with Gasteiger partial charge in [-0.2, -0.15) is 4.37 Å². The van der Waals surface area contributed by atoms with Gasteiger partial charge in [-0.3, -0.25) is 4.90 Å². The molecule has 0 saturated carbocycles. The zero-order valence-corrected chi connectivity index (χ0v) is 9.96. The number of nitrogens with zero attached hydrogens (tertiary/aromatic N) is 3. The molecule has 4 nitrogen and oxygen atoms in total. The van der Waals surface area contributed by atoms with Crippen molar-refractivity contribution in [1.29, 1.82) is 0 Å². The molecule has 0 bridgehead atoms. The second kappa shape index (κ2) is 5.42. The summed E-state index contributed by atoms with van der Waals surface area (Å²) in [7, 11) is 0. The van der Waals surface area contributed by atoms with E-state index in [0.717, 1.165) is 11.7 Å². The van der Waals surface area contributed by atoms with Crippen molar-refractivity contribution in [3.05, 3.63) is 6.33 Å². The summed E-state index contributed by atoms with van der Waals surface area (Å²) < 4.78 is 3.97. The Balaban J connectivity index is 1.74. The summed E-state index contributed by atoms with van der Waals surface area (Å²) in [5.74, 6) is 0. The van der Waals surface area contributed by atoms with Gasteiger partial charge in [-0.05, 0) is 32.9 Å². The molecule has 1 aliphatic rings. The molecule has 1 unspecified atom stereocenters. The third kappa shape index (κ3) is 3.14. The monoisotopic (exact) mass is 226 g/mol. The van der Waals surface area contributed by atoms with Crippen LogP contribution in [0.4, 0.5) is 5.13 Å². The van der Waals surface area contributed by atoms with Crippen molar-refractivity contribution in [1.82, 2.24) is 14.3 Å². The molecule has 84 valence electrons. The van der Waals surface area contributed by atoms with E-state index in [9.17, 15) is 0 Å². The molecule has 0 radical (unpaired) electrons. The van der Waals surface area contributed by atoms with Gasteiger partial charge in [0.1, 0.15) is 6.33 Å². The van der Waals surface area contributed by atoms with E-state index in [4.69, 9.17) is 0 Å². The average Bonchev–Trinajstić information content (AvgIpc) is 2.80. The number of nitrogens with one attached hydrogen (secondary N) is 1. The van der Waals surface area contributed by atoms with Crippen molar-refractivity contribution in [3.63, 3.8) is 0 Å². The molecule has 1 N–H and O–H groups in total. The highest BCUT2D eigenvalue weighted by atomic mass is 32.1. The second-order valence-corrected chi connectivity index (χ2v) is 4.85. The van der Waals surface area contributed by atoms with E-state index < -0.39 is 0 Å². The van der Waals surface area contributed by atoms with Gasteiger partial charge in [0.25, 0.3) is 0 Å². The largest absolute Gasteiger partial charge is 0.359 e. The minimum atomic E-state index is 0.592. The van der Waals surface area contributed by atoms with Crippen LogP contribution in [-0.4, -0.2) is 39.9 Å². The molecule has 2 rings (SSSR count). The van der Waals surface area contributed by atoms with Crippen molar-refractivity contribution in [2.75, 3.05) is 25.0 Å². The van der Waals surface area contributed by atoms with Crippen LogP contribution in [0.3, 0.4) is 0 Å². The van der Waals surface area contributed by atoms with Crippen LogP contribution in [0.2, 0.25) is 0 Å². The quantitative estimate of drug-likeness (QED) is 0.850. The number of rotatable bonds is 4. The molecule has 15 heavy (non-hydrogen) atoms. The Morgan fingerprint density at radius 3 is 2.93 bits per heavy atom. The van der Waals surface area contributed by atoms with Crippen LogP contribution in [0.15, 0.2) is 6.33 Å². The molecule has 1 saturated heterocycles. The van der Waals surface area contributed by atoms with Crippen LogP contribution >= 0.6 is 11.5 Å². The summed E-state index contributed by atoms with van der Waals surface area (Å²) in [5, 5.41) is 4.25. The summed E-state index contributed by atoms with van der Waals surface area (Å²) in [6.45, 7) is 5.74. The van der Waals surface area contributed by atoms with Gasteiger partial charge in [-0.15, -0.1) is 0 Å². The Kier molecular flexibility index (Phi) is 3.91. The Morgan fingerprint density at radius 2 is 2.27 bits per heavy atom. The van der Waals surface area contributed by atoms with Crippen LogP contribution in [-0.2, 0) is 0 Å². The van der Waals surface area contributed by atoms with E-state index >= 15 is 0 Å². The van der Waals surface area contributed by atoms with Gasteiger partial charge >= 0.3 is 0 Å². The molecule has 1 aromatic heterocycles. The molecule has 0 aromatic carbocycles. The van der Waals surface area contributed by atoms with Crippen molar-refractivity contribution < 1.29 is 0 Å². The molecule has 0 amide bonds. The lowest BCUT2D eigenvalue weighted by Crippen LogP contribution is -2.41. The molecule has 1 fully saturated rings. The lowest BCUT2D eigenvalue weighted by molar-refractivity contribution is 0.180. The Hall–Kier alpha value is -0.680. The van der Waals surface area contributed by atoms with Gasteiger partial charge in [0, 0.05) is 24.1 Å². The maximum absolute atomic E-state index is 4.11. The minimum absolute atomic E-state index is 0.592. The zero-order valence-electron chi connectivity index (χ0n) is 9.15. The summed E-state index contributed by atoms with van der Waals surface area (Å²) in [5.41, 5.74) is 0. The molecule has 1 aromatic rings. The molecule has 5 heteroatoms. The molecule has 2 heterocycles. The fraction of sp³-hybridized carbons (Fsp3) is 0.800. The van der Waals surface area contributed by atoms with Crippen LogP contribution < -0.4 is 5.32 Å². The maximum atomic E-state index is 4.11. The first kappa shape index (κ1) is 10.8. The number of piperidine rings is 1. The molecule has 0 spiro atoms. The highest BCUT2D eigenvalue weighted by molar-refractivity contribution is 7.09. The molecule has 0 aliphatic carbocycles. The number of hydrogen-bond donors (Lipinski definition) is 1. The third-order valence-electron chi connectivity index (χ3n) is 2.92. The van der Waals surface area contributed by atoms with E-state index in [2.05, 4.69) is 26.5 Å². The topological polar surface area (TPSA) is 41.1 Å². The normalized spacial score (nSPS) is 20.1. The van der Waals surface area contributed by atoms with E-state index in [0.29, 0.717) is 6.04 Å². The average molecular weight is 226 g/mol. The zero-order chi connectivity index (χ0) is 10.5. The van der Waals surface area contributed by atoms with E-state index in [1.807, 2.05) is 0 Å². The molecule has 1 atom stereocenters. The molecular weight excluding hydrogens is 208 g/mol. The standard InChI is InChI=1S/C10H18N4S/c1-9(14-5-3-2-4-6-14)7-11-10-12-8-13-15-10/h8-9H,2-7H2,1H3,(H,11,12,13). The number of likely N-dealkylation sites (tertiary alicyclic amines) is 1. The summed E-state index contributed by atoms with van der Waals surface area (Å²) >= 11 is 1.42. The Morgan fingerprint density at radius 1 is 1.47 bits per heavy atom. The van der Waals surface area contributed by atoms with Crippen LogP contribution in [0, 0.1) is 0 Å². The van der Waals surface area contributed by atoms with Gasteiger partial charge in [-0.1, -0.05) is 6.42 Å².